The van der Waals surface area contributed by atoms with Crippen LogP contribution in [0.15, 0.2) is 0 Å². The number of phosphoric acid groups is 1. The van der Waals surface area contributed by atoms with E-state index in [4.69, 9.17) is 15.4 Å². The van der Waals surface area contributed by atoms with Gasteiger partial charge in [0.2, 0.25) is 0 Å². The lowest BCUT2D eigenvalue weighted by molar-refractivity contribution is -0.0207. The summed E-state index contributed by atoms with van der Waals surface area (Å²) >= 11 is 0. The number of rotatable bonds is 4. The van der Waals surface area contributed by atoms with Gasteiger partial charge in [0.15, 0.2) is 0 Å². The first kappa shape index (κ1) is 13.0. The molecule has 9 heteroatoms. The topological polar surface area (TPSA) is 131 Å². The van der Waals surface area contributed by atoms with E-state index in [-0.39, 0.29) is 0 Å². The molecule has 0 bridgehead atoms. The Morgan fingerprint density at radius 3 is 2.47 bits per heavy atom. The molecule has 1 heterocycles. The van der Waals surface area contributed by atoms with E-state index in [1.165, 1.54) is 0 Å². The molecule has 90 valence electrons. The second-order valence-electron chi connectivity index (χ2n) is 3.07. The lowest BCUT2D eigenvalue weighted by Crippen LogP contribution is -2.37. The van der Waals surface area contributed by atoms with Crippen LogP contribution < -0.4 is 5.73 Å². The second kappa shape index (κ2) is 4.86. The monoisotopic (exact) mass is 243 g/mol. The molecule has 5 N–H and O–H groups in total. The van der Waals surface area contributed by atoms with Crippen molar-refractivity contribution in [3.05, 3.63) is 0 Å². The highest BCUT2D eigenvalue weighted by Crippen LogP contribution is 2.42. The number of hydrogen-bond acceptors (Lipinski definition) is 7. The minimum Gasteiger partial charge on any atom is -0.387 e. The van der Waals surface area contributed by atoms with Crippen LogP contribution in [0.2, 0.25) is 0 Å². The number of aliphatic hydroxyl groups is 2. The molecule has 0 aromatic rings. The molecule has 8 nitrogen and oxygen atoms in total. The zero-order chi connectivity index (χ0) is 11.6. The van der Waals surface area contributed by atoms with Crippen LogP contribution >= 0.6 is 7.82 Å². The van der Waals surface area contributed by atoms with Gasteiger partial charge in [-0.25, -0.2) is 4.57 Å². The molecule has 15 heavy (non-hydrogen) atoms. The van der Waals surface area contributed by atoms with Gasteiger partial charge in [-0.05, 0) is 0 Å². The molecule has 5 atom stereocenters. The minimum absolute atomic E-state index is 0.395. The normalized spacial score (nSPS) is 40.3. The maximum atomic E-state index is 10.9. The van der Waals surface area contributed by atoms with Gasteiger partial charge in [-0.15, -0.1) is 0 Å². The maximum absolute atomic E-state index is 10.9. The third kappa shape index (κ3) is 3.20. The zero-order valence-corrected chi connectivity index (χ0v) is 8.91. The predicted octanol–water partition coefficient (Wildman–Crippen LogP) is -1.84. The van der Waals surface area contributed by atoms with Crippen molar-refractivity contribution in [2.24, 2.45) is 5.73 Å². The summed E-state index contributed by atoms with van der Waals surface area (Å²) in [6, 6.07) is 0. The number of ether oxygens (including phenoxy) is 1. The van der Waals surface area contributed by atoms with Crippen molar-refractivity contribution in [3.8, 4) is 0 Å². The van der Waals surface area contributed by atoms with E-state index in [2.05, 4.69) is 9.05 Å². The van der Waals surface area contributed by atoms with Gasteiger partial charge in [0.05, 0.1) is 6.61 Å². The summed E-state index contributed by atoms with van der Waals surface area (Å²) in [5.41, 5.74) is 5.28. The standard InChI is InChI=1S/C6H14NO7P/c1-12-15(10,11)13-2-3-4(8)5(9)6(7)14-3/h3-6,8-9H,2,7H2,1H3,(H,10,11)/t3-,4-,5-,6?/m1/s1. The fourth-order valence-corrected chi connectivity index (χ4v) is 1.58. The number of phosphoric ester groups is 1. The smallest absolute Gasteiger partial charge is 0.387 e. The van der Waals surface area contributed by atoms with Crippen LogP contribution in [0.1, 0.15) is 0 Å². The summed E-state index contributed by atoms with van der Waals surface area (Å²) in [5.74, 6) is 0. The highest BCUT2D eigenvalue weighted by atomic mass is 31.2. The Labute approximate surface area is 86.2 Å². The van der Waals surface area contributed by atoms with Crippen LogP contribution in [-0.2, 0) is 18.3 Å². The quantitative estimate of drug-likeness (QED) is 0.423. The fraction of sp³-hybridized carbons (Fsp3) is 1.00. The largest absolute Gasteiger partial charge is 0.472 e. The van der Waals surface area contributed by atoms with Crippen molar-refractivity contribution in [1.29, 1.82) is 0 Å². The molecule has 0 saturated carbocycles. The number of hydrogen-bond donors (Lipinski definition) is 4. The summed E-state index contributed by atoms with van der Waals surface area (Å²) in [6.07, 6.45) is -4.48. The Morgan fingerprint density at radius 1 is 1.47 bits per heavy atom. The zero-order valence-electron chi connectivity index (χ0n) is 8.02. The van der Waals surface area contributed by atoms with Crippen molar-refractivity contribution in [2.45, 2.75) is 24.5 Å². The maximum Gasteiger partial charge on any atom is 0.472 e. The molecule has 0 aliphatic carbocycles. The first-order valence-electron chi connectivity index (χ1n) is 4.17. The lowest BCUT2D eigenvalue weighted by Gasteiger charge is -2.16. The van der Waals surface area contributed by atoms with Crippen molar-refractivity contribution in [1.82, 2.24) is 0 Å². The van der Waals surface area contributed by atoms with Gasteiger partial charge in [-0.1, -0.05) is 0 Å². The molecule has 1 aliphatic rings. The highest BCUT2D eigenvalue weighted by Gasteiger charge is 2.41. The van der Waals surface area contributed by atoms with E-state index in [1.54, 1.807) is 0 Å². The summed E-state index contributed by atoms with van der Waals surface area (Å²) in [7, 11) is -3.10. The summed E-state index contributed by atoms with van der Waals surface area (Å²) < 4.78 is 24.4. The second-order valence-corrected chi connectivity index (χ2v) is 4.63. The molecule has 1 fully saturated rings. The Balaban J connectivity index is 2.44. The molecule has 0 spiro atoms. The Kier molecular flexibility index (Phi) is 4.21. The van der Waals surface area contributed by atoms with Crippen molar-refractivity contribution in [2.75, 3.05) is 13.7 Å². The average molecular weight is 243 g/mol. The van der Waals surface area contributed by atoms with Gasteiger partial charge in [-0.3, -0.25) is 9.05 Å². The molecule has 1 rings (SSSR count). The summed E-state index contributed by atoms with van der Waals surface area (Å²) in [6.45, 7) is -0.395. The summed E-state index contributed by atoms with van der Waals surface area (Å²) in [5, 5.41) is 18.6. The van der Waals surface area contributed by atoms with Crippen LogP contribution in [0.4, 0.5) is 0 Å². The fourth-order valence-electron chi connectivity index (χ4n) is 1.14. The average Bonchev–Trinajstić information content (AvgIpc) is 2.43. The third-order valence-electron chi connectivity index (χ3n) is 2.03. The first-order chi connectivity index (χ1) is 6.87. The molecule has 1 saturated heterocycles. The predicted molar refractivity (Wildman–Crippen MR) is 47.6 cm³/mol. The van der Waals surface area contributed by atoms with Crippen LogP contribution in [0.25, 0.3) is 0 Å². The molecule has 0 aromatic carbocycles. The van der Waals surface area contributed by atoms with Gasteiger partial charge >= 0.3 is 7.82 Å². The molecule has 2 unspecified atom stereocenters. The van der Waals surface area contributed by atoms with Gasteiger partial charge in [0.1, 0.15) is 24.5 Å². The SMILES string of the molecule is COP(=O)(O)OC[C@H]1OC(N)[C@H](O)[C@@H]1O. The molecule has 0 amide bonds. The Bertz CT molecular complexity index is 262. The first-order valence-corrected chi connectivity index (χ1v) is 5.67. The highest BCUT2D eigenvalue weighted by molar-refractivity contribution is 7.47. The number of nitrogens with two attached hydrogens (primary N) is 1. The molecular formula is C6H14NO7P. The third-order valence-corrected chi connectivity index (χ3v) is 2.97. The van der Waals surface area contributed by atoms with Gasteiger partial charge in [0.25, 0.3) is 0 Å². The lowest BCUT2D eigenvalue weighted by atomic mass is 10.1. The summed E-state index contributed by atoms with van der Waals surface area (Å²) in [4.78, 5) is 8.88. The van der Waals surface area contributed by atoms with E-state index < -0.39 is 39.0 Å². The van der Waals surface area contributed by atoms with Crippen molar-refractivity contribution < 1.29 is 33.5 Å². The molecule has 0 aromatic heterocycles. The van der Waals surface area contributed by atoms with Crippen molar-refractivity contribution in [3.63, 3.8) is 0 Å². The minimum atomic E-state index is -4.11. The van der Waals surface area contributed by atoms with Crippen LogP contribution in [0.3, 0.4) is 0 Å². The Hall–Kier alpha value is -0.0500. The van der Waals surface area contributed by atoms with E-state index in [0.717, 1.165) is 7.11 Å². The molecular weight excluding hydrogens is 229 g/mol. The number of aliphatic hydroxyl groups excluding tert-OH is 2. The van der Waals surface area contributed by atoms with E-state index in [0.29, 0.717) is 0 Å². The van der Waals surface area contributed by atoms with Crippen LogP contribution in [-0.4, -0.2) is 53.4 Å². The Morgan fingerprint density at radius 2 is 2.07 bits per heavy atom. The van der Waals surface area contributed by atoms with Gasteiger partial charge < -0.3 is 25.6 Å². The molecule has 1 aliphatic heterocycles. The van der Waals surface area contributed by atoms with Gasteiger partial charge in [0, 0.05) is 7.11 Å². The van der Waals surface area contributed by atoms with E-state index in [9.17, 15) is 14.8 Å². The molecule has 0 radical (unpaired) electrons. The van der Waals surface area contributed by atoms with Crippen LogP contribution in [0.5, 0.6) is 0 Å². The van der Waals surface area contributed by atoms with Crippen LogP contribution in [0, 0.1) is 0 Å². The van der Waals surface area contributed by atoms with Gasteiger partial charge in [-0.2, -0.15) is 0 Å². The van der Waals surface area contributed by atoms with E-state index >= 15 is 0 Å². The van der Waals surface area contributed by atoms with Crippen molar-refractivity contribution >= 4 is 7.82 Å². The van der Waals surface area contributed by atoms with E-state index in [1.807, 2.05) is 0 Å².